The zero-order chi connectivity index (χ0) is 9.84. The molecule has 0 bridgehead atoms. The molecule has 72 valence electrons. The Morgan fingerprint density at radius 2 is 2.15 bits per heavy atom. The minimum Gasteiger partial charge on any atom is -0.495 e. The van der Waals surface area contributed by atoms with Crippen LogP contribution in [0.3, 0.4) is 0 Å². The molecule has 1 rings (SSSR count). The second-order valence-corrected chi connectivity index (χ2v) is 3.49. The fourth-order valence-corrected chi connectivity index (χ4v) is 1.68. The van der Waals surface area contributed by atoms with Crippen molar-refractivity contribution in [2.45, 2.75) is 13.0 Å². The molecule has 2 N–H and O–H groups in total. The molecule has 3 nitrogen and oxygen atoms in total. The van der Waals surface area contributed by atoms with Gasteiger partial charge in [-0.2, -0.15) is 0 Å². The molecule has 4 heteroatoms. The molecule has 0 amide bonds. The largest absolute Gasteiger partial charge is 0.495 e. The molecule has 0 saturated heterocycles. The number of hydrogen-bond donors (Lipinski definition) is 1. The van der Waals surface area contributed by atoms with Crippen LogP contribution in [-0.2, 0) is 4.84 Å². The first kappa shape index (κ1) is 10.5. The van der Waals surface area contributed by atoms with Gasteiger partial charge >= 0.3 is 0 Å². The number of halogens is 1. The molecule has 0 aliphatic carbocycles. The molecular formula is C9H12BrNO2. The van der Waals surface area contributed by atoms with Crippen LogP contribution in [0.5, 0.6) is 5.75 Å². The molecule has 0 spiro atoms. The van der Waals surface area contributed by atoms with Crippen LogP contribution in [0.15, 0.2) is 22.7 Å². The lowest BCUT2D eigenvalue weighted by Crippen LogP contribution is -2.07. The topological polar surface area (TPSA) is 44.5 Å². The average Bonchev–Trinajstić information content (AvgIpc) is 2.16. The molecule has 0 fully saturated rings. The van der Waals surface area contributed by atoms with Crippen molar-refractivity contribution in [2.75, 3.05) is 7.11 Å². The van der Waals surface area contributed by atoms with Gasteiger partial charge < -0.3 is 4.74 Å². The molecule has 13 heavy (non-hydrogen) atoms. The molecule has 1 unspecified atom stereocenters. The summed E-state index contributed by atoms with van der Waals surface area (Å²) in [5, 5.41) is 0. The van der Waals surface area contributed by atoms with Gasteiger partial charge in [0, 0.05) is 5.56 Å². The Morgan fingerprint density at radius 1 is 1.46 bits per heavy atom. The van der Waals surface area contributed by atoms with E-state index in [4.69, 9.17) is 15.5 Å². The highest BCUT2D eigenvalue weighted by atomic mass is 79.9. The van der Waals surface area contributed by atoms with Crippen LogP contribution in [0.25, 0.3) is 0 Å². The maximum Gasteiger partial charge on any atom is 0.138 e. The zero-order valence-corrected chi connectivity index (χ0v) is 9.17. The lowest BCUT2D eigenvalue weighted by Gasteiger charge is -2.14. The van der Waals surface area contributed by atoms with Gasteiger partial charge in [-0.25, -0.2) is 5.90 Å². The second kappa shape index (κ2) is 4.60. The van der Waals surface area contributed by atoms with Crippen LogP contribution in [0.1, 0.15) is 18.6 Å². The first-order chi connectivity index (χ1) is 6.20. The highest BCUT2D eigenvalue weighted by Gasteiger charge is 2.12. The van der Waals surface area contributed by atoms with Gasteiger partial charge in [-0.05, 0) is 28.9 Å². The minimum absolute atomic E-state index is 0.174. The Bertz CT molecular complexity index is 291. The van der Waals surface area contributed by atoms with E-state index in [0.717, 1.165) is 15.8 Å². The number of methoxy groups -OCH3 is 1. The number of hydrogen-bond acceptors (Lipinski definition) is 3. The Morgan fingerprint density at radius 3 is 2.69 bits per heavy atom. The Kier molecular flexibility index (Phi) is 3.71. The standard InChI is InChI=1S/C9H12BrNO2/c1-6(13-11)7-4-3-5-8(10)9(7)12-2/h3-6H,11H2,1-2H3. The van der Waals surface area contributed by atoms with Gasteiger partial charge in [-0.1, -0.05) is 12.1 Å². The van der Waals surface area contributed by atoms with E-state index in [1.54, 1.807) is 7.11 Å². The summed E-state index contributed by atoms with van der Waals surface area (Å²) in [6.45, 7) is 1.87. The fraction of sp³-hybridized carbons (Fsp3) is 0.333. The number of ether oxygens (including phenoxy) is 1. The van der Waals surface area contributed by atoms with Crippen LogP contribution in [-0.4, -0.2) is 7.11 Å². The van der Waals surface area contributed by atoms with Crippen molar-refractivity contribution in [1.82, 2.24) is 0 Å². The van der Waals surface area contributed by atoms with Crippen LogP contribution in [0, 0.1) is 0 Å². The first-order valence-electron chi connectivity index (χ1n) is 3.88. The second-order valence-electron chi connectivity index (χ2n) is 2.64. The number of benzene rings is 1. The van der Waals surface area contributed by atoms with Gasteiger partial charge in [0.25, 0.3) is 0 Å². The Labute approximate surface area is 85.9 Å². The third-order valence-corrected chi connectivity index (χ3v) is 2.47. The Balaban J connectivity index is 3.12. The zero-order valence-electron chi connectivity index (χ0n) is 7.58. The lowest BCUT2D eigenvalue weighted by atomic mass is 10.1. The number of rotatable bonds is 3. The smallest absolute Gasteiger partial charge is 0.138 e. The normalized spacial score (nSPS) is 12.6. The van der Waals surface area contributed by atoms with Crippen molar-refractivity contribution < 1.29 is 9.57 Å². The van der Waals surface area contributed by atoms with Crippen LogP contribution >= 0.6 is 15.9 Å². The van der Waals surface area contributed by atoms with Crippen LogP contribution in [0.4, 0.5) is 0 Å². The van der Waals surface area contributed by atoms with Crippen molar-refractivity contribution in [3.05, 3.63) is 28.2 Å². The molecule has 1 aromatic carbocycles. The fourth-order valence-electron chi connectivity index (χ4n) is 1.13. The monoisotopic (exact) mass is 245 g/mol. The summed E-state index contributed by atoms with van der Waals surface area (Å²) >= 11 is 3.38. The number of nitrogens with two attached hydrogens (primary N) is 1. The molecule has 0 radical (unpaired) electrons. The third-order valence-electron chi connectivity index (χ3n) is 1.84. The molecule has 0 heterocycles. The predicted molar refractivity (Wildman–Crippen MR) is 54.4 cm³/mol. The van der Waals surface area contributed by atoms with E-state index in [-0.39, 0.29) is 6.10 Å². The summed E-state index contributed by atoms with van der Waals surface area (Å²) in [6, 6.07) is 5.74. The highest BCUT2D eigenvalue weighted by molar-refractivity contribution is 9.10. The summed E-state index contributed by atoms with van der Waals surface area (Å²) in [5.41, 5.74) is 0.930. The van der Waals surface area contributed by atoms with Crippen LogP contribution in [0.2, 0.25) is 0 Å². The van der Waals surface area contributed by atoms with Crippen molar-refractivity contribution in [1.29, 1.82) is 0 Å². The molecule has 0 aromatic heterocycles. The van der Waals surface area contributed by atoms with E-state index < -0.39 is 0 Å². The van der Waals surface area contributed by atoms with Gasteiger partial charge in [-0.3, -0.25) is 4.84 Å². The average molecular weight is 246 g/mol. The Hall–Kier alpha value is -0.580. The van der Waals surface area contributed by atoms with Crippen LogP contribution < -0.4 is 10.6 Å². The predicted octanol–water partition coefficient (Wildman–Crippen LogP) is 2.41. The van der Waals surface area contributed by atoms with Crippen molar-refractivity contribution in [3.8, 4) is 5.75 Å². The molecule has 1 aromatic rings. The van der Waals surface area contributed by atoms with Gasteiger partial charge in [0.15, 0.2) is 0 Å². The van der Waals surface area contributed by atoms with Crippen molar-refractivity contribution >= 4 is 15.9 Å². The van der Waals surface area contributed by atoms with E-state index in [0.29, 0.717) is 0 Å². The van der Waals surface area contributed by atoms with E-state index in [1.807, 2.05) is 25.1 Å². The van der Waals surface area contributed by atoms with Gasteiger partial charge in [-0.15, -0.1) is 0 Å². The highest BCUT2D eigenvalue weighted by Crippen LogP contribution is 2.33. The van der Waals surface area contributed by atoms with E-state index >= 15 is 0 Å². The quantitative estimate of drug-likeness (QED) is 0.833. The minimum atomic E-state index is -0.174. The van der Waals surface area contributed by atoms with Crippen molar-refractivity contribution in [3.63, 3.8) is 0 Å². The lowest BCUT2D eigenvalue weighted by molar-refractivity contribution is 0.0645. The van der Waals surface area contributed by atoms with Gasteiger partial charge in [0.1, 0.15) is 11.9 Å². The number of para-hydroxylation sites is 1. The van der Waals surface area contributed by atoms with Gasteiger partial charge in [0.05, 0.1) is 11.6 Å². The summed E-state index contributed by atoms with van der Waals surface area (Å²) in [6.07, 6.45) is -0.174. The summed E-state index contributed by atoms with van der Waals surface area (Å²) < 4.78 is 6.12. The maximum atomic E-state index is 5.22. The molecular weight excluding hydrogens is 234 g/mol. The summed E-state index contributed by atoms with van der Waals surface area (Å²) in [5.74, 6) is 5.87. The molecule has 1 atom stereocenters. The van der Waals surface area contributed by atoms with Gasteiger partial charge in [0.2, 0.25) is 0 Å². The summed E-state index contributed by atoms with van der Waals surface area (Å²) in [4.78, 5) is 4.73. The molecule has 0 aliphatic rings. The third kappa shape index (κ3) is 2.21. The SMILES string of the molecule is COc1c(Br)cccc1C(C)ON. The maximum absolute atomic E-state index is 5.22. The van der Waals surface area contributed by atoms with E-state index in [1.165, 1.54) is 0 Å². The molecule has 0 saturated carbocycles. The summed E-state index contributed by atoms with van der Waals surface area (Å²) in [7, 11) is 1.62. The van der Waals surface area contributed by atoms with E-state index in [9.17, 15) is 0 Å². The molecule has 0 aliphatic heterocycles. The van der Waals surface area contributed by atoms with E-state index in [2.05, 4.69) is 15.9 Å². The first-order valence-corrected chi connectivity index (χ1v) is 4.68. The van der Waals surface area contributed by atoms with Crippen molar-refractivity contribution in [2.24, 2.45) is 5.90 Å².